The average molecular weight is 286 g/mol. The highest BCUT2D eigenvalue weighted by molar-refractivity contribution is 6.30. The van der Waals surface area contributed by atoms with Gasteiger partial charge in [-0.25, -0.2) is 9.97 Å². The number of aromatic nitrogens is 2. The van der Waals surface area contributed by atoms with Gasteiger partial charge >= 0.3 is 0 Å². The summed E-state index contributed by atoms with van der Waals surface area (Å²) in [5.74, 6) is 1.36. The standard InChI is InChI=1S/C14H24ClN3O/c1-8-10(15)16-12(13(3,4)5)17-11(8)18-14(6,7)9(2)19/h9,19H,1-7H3,(H,16,17,18). The van der Waals surface area contributed by atoms with E-state index in [0.29, 0.717) is 16.8 Å². The van der Waals surface area contributed by atoms with Crippen molar-refractivity contribution in [3.63, 3.8) is 0 Å². The number of hydrogen-bond donors (Lipinski definition) is 2. The van der Waals surface area contributed by atoms with Gasteiger partial charge in [-0.1, -0.05) is 32.4 Å². The van der Waals surface area contributed by atoms with Crippen LogP contribution < -0.4 is 5.32 Å². The van der Waals surface area contributed by atoms with Gasteiger partial charge in [0.2, 0.25) is 0 Å². The van der Waals surface area contributed by atoms with Crippen LogP contribution in [0.4, 0.5) is 5.82 Å². The van der Waals surface area contributed by atoms with Gasteiger partial charge in [0.1, 0.15) is 16.8 Å². The Kier molecular flexibility index (Phi) is 4.47. The average Bonchev–Trinajstić information content (AvgIpc) is 2.22. The van der Waals surface area contributed by atoms with Gasteiger partial charge in [-0.15, -0.1) is 0 Å². The summed E-state index contributed by atoms with van der Waals surface area (Å²) in [7, 11) is 0. The molecular weight excluding hydrogens is 262 g/mol. The van der Waals surface area contributed by atoms with E-state index < -0.39 is 11.6 Å². The van der Waals surface area contributed by atoms with Gasteiger partial charge < -0.3 is 10.4 Å². The monoisotopic (exact) mass is 285 g/mol. The lowest BCUT2D eigenvalue weighted by Crippen LogP contribution is -2.42. The summed E-state index contributed by atoms with van der Waals surface area (Å²) in [4.78, 5) is 8.89. The molecule has 1 rings (SSSR count). The zero-order valence-electron chi connectivity index (χ0n) is 12.8. The summed E-state index contributed by atoms with van der Waals surface area (Å²) < 4.78 is 0. The second-order valence-electron chi connectivity index (χ2n) is 6.58. The van der Waals surface area contributed by atoms with Crippen LogP contribution in [0.1, 0.15) is 52.9 Å². The summed E-state index contributed by atoms with van der Waals surface area (Å²) in [6.07, 6.45) is -0.515. The fourth-order valence-corrected chi connectivity index (χ4v) is 1.53. The zero-order valence-corrected chi connectivity index (χ0v) is 13.6. The summed E-state index contributed by atoms with van der Waals surface area (Å²) in [6.45, 7) is 13.6. The third-order valence-corrected chi connectivity index (χ3v) is 3.61. The fourth-order valence-electron chi connectivity index (χ4n) is 1.36. The Bertz CT molecular complexity index is 464. The Morgan fingerprint density at radius 3 is 2.11 bits per heavy atom. The molecule has 1 atom stereocenters. The quantitative estimate of drug-likeness (QED) is 0.837. The third-order valence-electron chi connectivity index (χ3n) is 3.24. The summed E-state index contributed by atoms with van der Waals surface area (Å²) >= 11 is 6.18. The molecule has 0 aliphatic rings. The van der Waals surface area contributed by atoms with Crippen LogP contribution in [0.25, 0.3) is 0 Å². The van der Waals surface area contributed by atoms with E-state index in [1.54, 1.807) is 6.92 Å². The van der Waals surface area contributed by atoms with Crippen LogP contribution in [0.5, 0.6) is 0 Å². The number of anilines is 1. The van der Waals surface area contributed by atoms with Crippen molar-refractivity contribution >= 4 is 17.4 Å². The van der Waals surface area contributed by atoms with Gasteiger partial charge in [0.05, 0.1) is 11.6 Å². The first-order valence-electron chi connectivity index (χ1n) is 6.46. The molecule has 0 spiro atoms. The number of rotatable bonds is 3. The summed E-state index contributed by atoms with van der Waals surface area (Å²) in [6, 6.07) is 0. The van der Waals surface area contributed by atoms with Gasteiger partial charge in [0, 0.05) is 11.0 Å². The Hall–Kier alpha value is -0.870. The number of hydrogen-bond acceptors (Lipinski definition) is 4. The number of halogens is 1. The maximum Gasteiger partial charge on any atom is 0.137 e. The summed E-state index contributed by atoms with van der Waals surface area (Å²) in [5.41, 5.74) is 0.128. The number of nitrogens with one attached hydrogen (secondary N) is 1. The second-order valence-corrected chi connectivity index (χ2v) is 6.94. The molecule has 0 saturated heterocycles. The highest BCUT2D eigenvalue weighted by atomic mass is 35.5. The lowest BCUT2D eigenvalue weighted by Gasteiger charge is -2.31. The van der Waals surface area contributed by atoms with Crippen molar-refractivity contribution in [1.82, 2.24) is 9.97 Å². The fraction of sp³-hybridized carbons (Fsp3) is 0.714. The molecule has 0 fully saturated rings. The normalized spacial score (nSPS) is 14.4. The molecule has 0 radical (unpaired) electrons. The van der Waals surface area contributed by atoms with E-state index >= 15 is 0 Å². The molecule has 2 N–H and O–H groups in total. The molecule has 5 heteroatoms. The molecule has 1 heterocycles. The first-order valence-corrected chi connectivity index (χ1v) is 6.84. The van der Waals surface area contributed by atoms with Gasteiger partial charge in [-0.2, -0.15) is 0 Å². The van der Waals surface area contributed by atoms with E-state index in [-0.39, 0.29) is 5.41 Å². The topological polar surface area (TPSA) is 58.0 Å². The van der Waals surface area contributed by atoms with Crippen molar-refractivity contribution < 1.29 is 5.11 Å². The lowest BCUT2D eigenvalue weighted by atomic mass is 9.95. The highest BCUT2D eigenvalue weighted by Gasteiger charge is 2.27. The number of aliphatic hydroxyl groups is 1. The molecule has 0 bridgehead atoms. The van der Waals surface area contributed by atoms with E-state index in [2.05, 4.69) is 15.3 Å². The van der Waals surface area contributed by atoms with Crippen LogP contribution in [0.2, 0.25) is 5.15 Å². The molecular formula is C14H24ClN3O. The predicted octanol–water partition coefficient (Wildman–Crippen LogP) is 3.31. The molecule has 1 unspecified atom stereocenters. The van der Waals surface area contributed by atoms with E-state index in [1.165, 1.54) is 0 Å². The van der Waals surface area contributed by atoms with Gasteiger partial charge in [-0.3, -0.25) is 0 Å². The van der Waals surface area contributed by atoms with E-state index in [9.17, 15) is 5.11 Å². The minimum Gasteiger partial charge on any atom is -0.391 e. The van der Waals surface area contributed by atoms with Crippen molar-refractivity contribution in [2.24, 2.45) is 0 Å². The first kappa shape index (κ1) is 16.2. The van der Waals surface area contributed by atoms with Crippen LogP contribution in [-0.2, 0) is 5.41 Å². The van der Waals surface area contributed by atoms with E-state index in [1.807, 2.05) is 41.5 Å². The molecule has 0 amide bonds. The van der Waals surface area contributed by atoms with Crippen molar-refractivity contribution in [3.05, 3.63) is 16.5 Å². The van der Waals surface area contributed by atoms with Crippen LogP contribution >= 0.6 is 11.6 Å². The predicted molar refractivity (Wildman–Crippen MR) is 79.9 cm³/mol. The first-order chi connectivity index (χ1) is 8.45. The number of nitrogens with zero attached hydrogens (tertiary/aromatic N) is 2. The summed E-state index contributed by atoms with van der Waals surface area (Å²) in [5, 5.41) is 13.5. The molecule has 0 aliphatic carbocycles. The van der Waals surface area contributed by atoms with Crippen molar-refractivity contribution in [2.75, 3.05) is 5.32 Å². The molecule has 0 saturated carbocycles. The third kappa shape index (κ3) is 3.80. The van der Waals surface area contributed by atoms with Gasteiger partial charge in [0.25, 0.3) is 0 Å². The minimum atomic E-state index is -0.515. The Labute approximate surface area is 120 Å². The SMILES string of the molecule is Cc1c(Cl)nc(C(C)(C)C)nc1NC(C)(C)C(C)O. The number of aliphatic hydroxyl groups excluding tert-OH is 1. The maximum absolute atomic E-state index is 9.79. The molecule has 1 aromatic rings. The molecule has 0 aromatic carbocycles. The van der Waals surface area contributed by atoms with Crippen LogP contribution in [0.15, 0.2) is 0 Å². The highest BCUT2D eigenvalue weighted by Crippen LogP contribution is 2.28. The van der Waals surface area contributed by atoms with Crippen LogP contribution in [0.3, 0.4) is 0 Å². The Morgan fingerprint density at radius 2 is 1.68 bits per heavy atom. The largest absolute Gasteiger partial charge is 0.391 e. The molecule has 1 aromatic heterocycles. The van der Waals surface area contributed by atoms with Crippen LogP contribution in [0, 0.1) is 6.92 Å². The smallest absolute Gasteiger partial charge is 0.137 e. The second kappa shape index (κ2) is 5.25. The Balaban J connectivity index is 3.25. The van der Waals surface area contributed by atoms with Crippen molar-refractivity contribution in [2.45, 2.75) is 65.5 Å². The Morgan fingerprint density at radius 1 is 1.16 bits per heavy atom. The van der Waals surface area contributed by atoms with Crippen LogP contribution in [-0.4, -0.2) is 26.7 Å². The lowest BCUT2D eigenvalue weighted by molar-refractivity contribution is 0.133. The zero-order chi connectivity index (χ0) is 15.0. The maximum atomic E-state index is 9.79. The van der Waals surface area contributed by atoms with Crippen molar-refractivity contribution in [1.29, 1.82) is 0 Å². The van der Waals surface area contributed by atoms with Gasteiger partial charge in [0.15, 0.2) is 0 Å². The van der Waals surface area contributed by atoms with Crippen molar-refractivity contribution in [3.8, 4) is 0 Å². The molecule has 0 aliphatic heterocycles. The minimum absolute atomic E-state index is 0.178. The van der Waals surface area contributed by atoms with E-state index in [0.717, 1.165) is 5.56 Å². The molecule has 4 nitrogen and oxygen atoms in total. The van der Waals surface area contributed by atoms with Gasteiger partial charge in [-0.05, 0) is 27.7 Å². The van der Waals surface area contributed by atoms with E-state index in [4.69, 9.17) is 11.6 Å². The molecule has 108 valence electrons. The molecule has 19 heavy (non-hydrogen) atoms.